The highest BCUT2D eigenvalue weighted by Crippen LogP contribution is 2.41. The van der Waals surface area contributed by atoms with Crippen molar-refractivity contribution >= 4 is 21.6 Å². The summed E-state index contributed by atoms with van der Waals surface area (Å²) in [5, 5.41) is 8.51. The van der Waals surface area contributed by atoms with E-state index in [0.717, 1.165) is 28.8 Å². The molecule has 0 atom stereocenters. The Balaban J connectivity index is 2.19. The summed E-state index contributed by atoms with van der Waals surface area (Å²) >= 11 is 3.47. The number of fused-ring (bicyclic) bond motifs is 1. The Morgan fingerprint density at radius 3 is 2.81 bits per heavy atom. The van der Waals surface area contributed by atoms with Crippen molar-refractivity contribution in [3.8, 4) is 0 Å². The average molecular weight is 281 g/mol. The van der Waals surface area contributed by atoms with Gasteiger partial charge in [0.2, 0.25) is 0 Å². The Morgan fingerprint density at radius 1 is 1.38 bits per heavy atom. The molecule has 1 aliphatic rings. The number of nitrogens with zero attached hydrogens (tertiary/aromatic N) is 3. The molecule has 0 aromatic carbocycles. The summed E-state index contributed by atoms with van der Waals surface area (Å²) in [5.41, 5.74) is 6.84. The quantitative estimate of drug-likeness (QED) is 0.914. The highest BCUT2D eigenvalue weighted by Gasteiger charge is 2.41. The van der Waals surface area contributed by atoms with E-state index < -0.39 is 0 Å². The van der Waals surface area contributed by atoms with Crippen LogP contribution in [0.3, 0.4) is 0 Å². The number of hydrogen-bond acceptors (Lipinski definition) is 3. The van der Waals surface area contributed by atoms with Crippen molar-refractivity contribution < 1.29 is 0 Å². The minimum atomic E-state index is 0.0558. The van der Waals surface area contributed by atoms with Crippen LogP contribution in [-0.2, 0) is 5.41 Å². The molecule has 84 valence electrons. The molecule has 2 heterocycles. The van der Waals surface area contributed by atoms with Crippen LogP contribution < -0.4 is 5.73 Å². The smallest absolute Gasteiger partial charge is 0.160 e. The van der Waals surface area contributed by atoms with Crippen LogP contribution in [0.15, 0.2) is 22.8 Å². The first-order valence-electron chi connectivity index (χ1n) is 5.46. The van der Waals surface area contributed by atoms with Gasteiger partial charge in [-0.25, -0.2) is 0 Å². The zero-order valence-electron chi connectivity index (χ0n) is 8.86. The monoisotopic (exact) mass is 280 g/mol. The molecule has 0 amide bonds. The molecule has 2 N–H and O–H groups in total. The number of aromatic nitrogens is 3. The fourth-order valence-corrected chi connectivity index (χ4v) is 2.69. The summed E-state index contributed by atoms with van der Waals surface area (Å²) in [5.74, 6) is 1.01. The van der Waals surface area contributed by atoms with E-state index in [4.69, 9.17) is 5.73 Å². The molecule has 2 aromatic rings. The van der Waals surface area contributed by atoms with E-state index in [9.17, 15) is 0 Å². The molecule has 4 nitrogen and oxygen atoms in total. The largest absolute Gasteiger partial charge is 0.329 e. The maximum atomic E-state index is 5.90. The third kappa shape index (κ3) is 1.31. The fraction of sp³-hybridized carbons (Fsp3) is 0.455. The van der Waals surface area contributed by atoms with Gasteiger partial charge in [0.05, 0.1) is 0 Å². The lowest BCUT2D eigenvalue weighted by Crippen LogP contribution is -2.43. The van der Waals surface area contributed by atoms with Crippen LogP contribution in [0.5, 0.6) is 0 Å². The number of hydrogen-bond donors (Lipinski definition) is 1. The summed E-state index contributed by atoms with van der Waals surface area (Å²) in [6.45, 7) is 0.653. The van der Waals surface area contributed by atoms with Crippen LogP contribution in [-0.4, -0.2) is 21.1 Å². The Morgan fingerprint density at radius 2 is 2.19 bits per heavy atom. The van der Waals surface area contributed by atoms with Gasteiger partial charge < -0.3 is 5.73 Å². The second-order valence-electron chi connectivity index (χ2n) is 4.44. The Hall–Kier alpha value is -0.940. The standard InChI is InChI=1S/C11H13BrN4/c12-8-2-3-9-14-15-10(16(9)6-8)11(7-13)4-1-5-11/h2-3,6H,1,4-5,7,13H2. The first kappa shape index (κ1) is 10.2. The normalized spacial score (nSPS) is 18.6. The molecule has 16 heavy (non-hydrogen) atoms. The van der Waals surface area contributed by atoms with Gasteiger partial charge >= 0.3 is 0 Å². The minimum absolute atomic E-state index is 0.0558. The molecule has 0 radical (unpaired) electrons. The van der Waals surface area contributed by atoms with Crippen molar-refractivity contribution in [1.82, 2.24) is 14.6 Å². The average Bonchev–Trinajstić information content (AvgIpc) is 2.61. The van der Waals surface area contributed by atoms with E-state index in [-0.39, 0.29) is 5.41 Å². The highest BCUT2D eigenvalue weighted by atomic mass is 79.9. The summed E-state index contributed by atoms with van der Waals surface area (Å²) in [6.07, 6.45) is 5.49. The zero-order valence-corrected chi connectivity index (χ0v) is 10.4. The van der Waals surface area contributed by atoms with Crippen LogP contribution >= 0.6 is 15.9 Å². The van der Waals surface area contributed by atoms with E-state index in [2.05, 4.69) is 30.5 Å². The van der Waals surface area contributed by atoms with Crippen molar-refractivity contribution in [2.75, 3.05) is 6.54 Å². The first-order valence-corrected chi connectivity index (χ1v) is 6.25. The van der Waals surface area contributed by atoms with Crippen LogP contribution in [0.4, 0.5) is 0 Å². The van der Waals surface area contributed by atoms with Gasteiger partial charge in [0, 0.05) is 22.6 Å². The summed E-state index contributed by atoms with van der Waals surface area (Å²) in [7, 11) is 0. The second-order valence-corrected chi connectivity index (χ2v) is 5.35. The molecule has 0 unspecified atom stereocenters. The number of halogens is 1. The van der Waals surface area contributed by atoms with Crippen molar-refractivity contribution in [2.24, 2.45) is 5.73 Å². The summed E-state index contributed by atoms with van der Waals surface area (Å²) in [6, 6.07) is 3.94. The zero-order chi connectivity index (χ0) is 11.2. The van der Waals surface area contributed by atoms with Gasteiger partial charge in [-0.2, -0.15) is 0 Å². The lowest BCUT2D eigenvalue weighted by atomic mass is 9.68. The topological polar surface area (TPSA) is 56.2 Å². The van der Waals surface area contributed by atoms with Crippen molar-refractivity contribution in [1.29, 1.82) is 0 Å². The molecule has 0 saturated heterocycles. The predicted molar refractivity (Wildman–Crippen MR) is 65.3 cm³/mol. The maximum Gasteiger partial charge on any atom is 0.160 e. The van der Waals surface area contributed by atoms with Crippen LogP contribution in [0, 0.1) is 0 Å². The molecular formula is C11H13BrN4. The highest BCUT2D eigenvalue weighted by molar-refractivity contribution is 9.10. The number of rotatable bonds is 2. The molecular weight excluding hydrogens is 268 g/mol. The van der Waals surface area contributed by atoms with E-state index >= 15 is 0 Å². The van der Waals surface area contributed by atoms with Gasteiger partial charge in [0.15, 0.2) is 5.65 Å². The van der Waals surface area contributed by atoms with Crippen molar-refractivity contribution in [2.45, 2.75) is 24.7 Å². The Labute approximate surface area is 102 Å². The molecule has 1 fully saturated rings. The van der Waals surface area contributed by atoms with E-state index in [1.165, 1.54) is 6.42 Å². The summed E-state index contributed by atoms with van der Waals surface area (Å²) in [4.78, 5) is 0. The first-order chi connectivity index (χ1) is 7.75. The lowest BCUT2D eigenvalue weighted by molar-refractivity contribution is 0.236. The molecule has 0 aliphatic heterocycles. The minimum Gasteiger partial charge on any atom is -0.329 e. The Kier molecular flexibility index (Phi) is 2.26. The van der Waals surface area contributed by atoms with Crippen molar-refractivity contribution in [3.05, 3.63) is 28.6 Å². The third-order valence-electron chi connectivity index (χ3n) is 3.54. The molecule has 0 spiro atoms. The Bertz CT molecular complexity index is 524. The molecule has 1 aliphatic carbocycles. The molecule has 1 saturated carbocycles. The number of nitrogens with two attached hydrogens (primary N) is 1. The van der Waals surface area contributed by atoms with Gasteiger partial charge in [-0.15, -0.1) is 10.2 Å². The fourth-order valence-electron chi connectivity index (χ4n) is 2.35. The molecule has 5 heteroatoms. The maximum absolute atomic E-state index is 5.90. The van der Waals surface area contributed by atoms with E-state index in [0.29, 0.717) is 6.54 Å². The van der Waals surface area contributed by atoms with Gasteiger partial charge in [-0.3, -0.25) is 4.40 Å². The van der Waals surface area contributed by atoms with Gasteiger partial charge in [-0.05, 0) is 40.9 Å². The van der Waals surface area contributed by atoms with Gasteiger partial charge in [-0.1, -0.05) is 6.42 Å². The molecule has 0 bridgehead atoms. The third-order valence-corrected chi connectivity index (χ3v) is 4.01. The van der Waals surface area contributed by atoms with Crippen LogP contribution in [0.2, 0.25) is 0 Å². The predicted octanol–water partition coefficient (Wildman–Crippen LogP) is 1.87. The van der Waals surface area contributed by atoms with Crippen molar-refractivity contribution in [3.63, 3.8) is 0 Å². The molecule has 3 rings (SSSR count). The lowest BCUT2D eigenvalue weighted by Gasteiger charge is -2.39. The number of pyridine rings is 1. The van der Waals surface area contributed by atoms with Crippen LogP contribution in [0.25, 0.3) is 5.65 Å². The van der Waals surface area contributed by atoms with Crippen LogP contribution in [0.1, 0.15) is 25.1 Å². The van der Waals surface area contributed by atoms with Gasteiger partial charge in [0.1, 0.15) is 5.82 Å². The molecule has 2 aromatic heterocycles. The van der Waals surface area contributed by atoms with E-state index in [1.807, 2.05) is 18.3 Å². The van der Waals surface area contributed by atoms with E-state index in [1.54, 1.807) is 0 Å². The van der Waals surface area contributed by atoms with Gasteiger partial charge in [0.25, 0.3) is 0 Å². The summed E-state index contributed by atoms with van der Waals surface area (Å²) < 4.78 is 3.09. The second kappa shape index (κ2) is 3.53. The SMILES string of the molecule is NCC1(c2nnc3ccc(Br)cn23)CCC1.